The van der Waals surface area contributed by atoms with Crippen molar-refractivity contribution in [3.8, 4) is 5.75 Å². The third-order valence-electron chi connectivity index (χ3n) is 3.47. The third kappa shape index (κ3) is 4.90. The topological polar surface area (TPSA) is 109 Å². The Kier molecular flexibility index (Phi) is 5.34. The normalized spacial score (nSPS) is 11.1. The Balaban J connectivity index is 1.63. The highest BCUT2D eigenvalue weighted by Gasteiger charge is 2.31. The SMILES string of the molecule is O=C(Nc1cn[nH]c1C(=O)NCc1ccco1)c1ccc(OC(F)(F)F)cc1. The van der Waals surface area contributed by atoms with Gasteiger partial charge in [-0.2, -0.15) is 5.10 Å². The van der Waals surface area contributed by atoms with Crippen LogP contribution in [0, 0.1) is 0 Å². The molecular weight excluding hydrogens is 381 g/mol. The van der Waals surface area contributed by atoms with Crippen LogP contribution >= 0.6 is 0 Å². The fraction of sp³-hybridized carbons (Fsp3) is 0.118. The second kappa shape index (κ2) is 7.86. The van der Waals surface area contributed by atoms with Gasteiger partial charge in [0.2, 0.25) is 0 Å². The fourth-order valence-electron chi connectivity index (χ4n) is 2.23. The van der Waals surface area contributed by atoms with Gasteiger partial charge >= 0.3 is 6.36 Å². The van der Waals surface area contributed by atoms with E-state index >= 15 is 0 Å². The number of ether oxygens (including phenoxy) is 1. The van der Waals surface area contributed by atoms with Crippen LogP contribution in [0.2, 0.25) is 0 Å². The molecule has 2 aromatic heterocycles. The van der Waals surface area contributed by atoms with Crippen LogP contribution in [0.3, 0.4) is 0 Å². The number of anilines is 1. The van der Waals surface area contributed by atoms with E-state index in [1.54, 1.807) is 12.1 Å². The number of carbonyl (C=O) groups excluding carboxylic acids is 2. The average molecular weight is 394 g/mol. The van der Waals surface area contributed by atoms with E-state index in [-0.39, 0.29) is 23.5 Å². The molecule has 0 aliphatic rings. The minimum absolute atomic E-state index is 0.0110. The fourth-order valence-corrected chi connectivity index (χ4v) is 2.23. The monoisotopic (exact) mass is 394 g/mol. The number of nitrogens with one attached hydrogen (secondary N) is 3. The first-order valence-corrected chi connectivity index (χ1v) is 7.83. The smallest absolute Gasteiger partial charge is 0.467 e. The van der Waals surface area contributed by atoms with E-state index < -0.39 is 23.9 Å². The molecule has 0 saturated carbocycles. The van der Waals surface area contributed by atoms with Gasteiger partial charge in [-0.15, -0.1) is 13.2 Å². The minimum atomic E-state index is -4.82. The van der Waals surface area contributed by atoms with Gasteiger partial charge < -0.3 is 19.8 Å². The van der Waals surface area contributed by atoms with Crippen molar-refractivity contribution in [2.45, 2.75) is 12.9 Å². The van der Waals surface area contributed by atoms with E-state index in [0.29, 0.717) is 5.76 Å². The van der Waals surface area contributed by atoms with Crippen molar-refractivity contribution in [1.82, 2.24) is 15.5 Å². The second-order valence-electron chi connectivity index (χ2n) is 5.45. The number of rotatable bonds is 6. The van der Waals surface area contributed by atoms with E-state index in [0.717, 1.165) is 24.3 Å². The summed E-state index contributed by atoms with van der Waals surface area (Å²) in [7, 11) is 0. The molecule has 0 bridgehead atoms. The Morgan fingerprint density at radius 2 is 1.89 bits per heavy atom. The number of hydrogen-bond acceptors (Lipinski definition) is 5. The Hall–Kier alpha value is -3.76. The molecule has 11 heteroatoms. The Labute approximate surface area is 155 Å². The van der Waals surface area contributed by atoms with Crippen molar-refractivity contribution in [2.75, 3.05) is 5.32 Å². The summed E-state index contributed by atoms with van der Waals surface area (Å²) in [5, 5.41) is 11.3. The predicted octanol–water partition coefficient (Wildman–Crippen LogP) is 3.08. The van der Waals surface area contributed by atoms with Crippen LogP contribution < -0.4 is 15.4 Å². The molecule has 0 saturated heterocycles. The van der Waals surface area contributed by atoms with Crippen molar-refractivity contribution in [3.05, 3.63) is 65.9 Å². The van der Waals surface area contributed by atoms with Gasteiger partial charge in [0.05, 0.1) is 24.7 Å². The van der Waals surface area contributed by atoms with Gasteiger partial charge in [0.15, 0.2) is 0 Å². The molecule has 0 spiro atoms. The summed E-state index contributed by atoms with van der Waals surface area (Å²) in [6, 6.07) is 7.69. The number of carbonyl (C=O) groups is 2. The minimum Gasteiger partial charge on any atom is -0.467 e. The van der Waals surface area contributed by atoms with Crippen molar-refractivity contribution < 1.29 is 31.9 Å². The molecule has 1 aromatic carbocycles. The van der Waals surface area contributed by atoms with Gasteiger partial charge in [-0.3, -0.25) is 14.7 Å². The molecule has 146 valence electrons. The Morgan fingerprint density at radius 3 is 2.54 bits per heavy atom. The number of aromatic nitrogens is 2. The molecule has 0 radical (unpaired) electrons. The van der Waals surface area contributed by atoms with Crippen LogP contribution in [0.15, 0.2) is 53.3 Å². The number of amides is 2. The highest BCUT2D eigenvalue weighted by molar-refractivity contribution is 6.08. The molecule has 28 heavy (non-hydrogen) atoms. The molecule has 0 aliphatic heterocycles. The lowest BCUT2D eigenvalue weighted by atomic mass is 10.2. The van der Waals surface area contributed by atoms with Gasteiger partial charge in [0.1, 0.15) is 17.2 Å². The Morgan fingerprint density at radius 1 is 1.14 bits per heavy atom. The lowest BCUT2D eigenvalue weighted by Gasteiger charge is -2.09. The van der Waals surface area contributed by atoms with Crippen LogP contribution in [-0.4, -0.2) is 28.4 Å². The van der Waals surface area contributed by atoms with Crippen molar-refractivity contribution in [2.24, 2.45) is 0 Å². The first kappa shape index (κ1) is 19.0. The maximum Gasteiger partial charge on any atom is 0.573 e. The summed E-state index contributed by atoms with van der Waals surface area (Å²) < 4.78 is 45.4. The average Bonchev–Trinajstić information content (AvgIpc) is 3.30. The largest absolute Gasteiger partial charge is 0.573 e. The van der Waals surface area contributed by atoms with Crippen molar-refractivity contribution >= 4 is 17.5 Å². The van der Waals surface area contributed by atoms with Gasteiger partial charge in [-0.05, 0) is 36.4 Å². The number of nitrogens with zero attached hydrogens (tertiary/aromatic N) is 1. The molecule has 3 rings (SSSR count). The van der Waals surface area contributed by atoms with E-state index in [1.807, 2.05) is 0 Å². The molecular formula is C17H13F3N4O4. The van der Waals surface area contributed by atoms with Gasteiger partial charge in [-0.25, -0.2) is 0 Å². The van der Waals surface area contributed by atoms with Crippen LogP contribution in [0.25, 0.3) is 0 Å². The maximum absolute atomic E-state index is 12.3. The number of H-pyrrole nitrogens is 1. The van der Waals surface area contributed by atoms with Crippen molar-refractivity contribution in [1.29, 1.82) is 0 Å². The molecule has 3 N–H and O–H groups in total. The highest BCUT2D eigenvalue weighted by Crippen LogP contribution is 2.23. The van der Waals surface area contributed by atoms with Crippen LogP contribution in [0.4, 0.5) is 18.9 Å². The zero-order valence-corrected chi connectivity index (χ0v) is 14.0. The molecule has 0 fully saturated rings. The first-order chi connectivity index (χ1) is 13.3. The zero-order chi connectivity index (χ0) is 20.1. The standard InChI is InChI=1S/C17H13F3N4O4/c18-17(19,20)28-11-5-3-10(4-6-11)15(25)23-13-9-22-24-14(13)16(26)21-8-12-2-1-7-27-12/h1-7,9H,8H2,(H,21,26)(H,22,24)(H,23,25). The van der Waals surface area contributed by atoms with Crippen LogP contribution in [0.1, 0.15) is 26.6 Å². The lowest BCUT2D eigenvalue weighted by molar-refractivity contribution is -0.274. The zero-order valence-electron chi connectivity index (χ0n) is 14.0. The second-order valence-corrected chi connectivity index (χ2v) is 5.45. The quantitative estimate of drug-likeness (QED) is 0.595. The summed E-state index contributed by atoms with van der Waals surface area (Å²) in [5.41, 5.74) is 0.187. The Bertz CT molecular complexity index is 950. The van der Waals surface area contributed by atoms with Crippen molar-refractivity contribution in [3.63, 3.8) is 0 Å². The molecule has 2 heterocycles. The summed E-state index contributed by atoms with van der Waals surface area (Å²) in [6.45, 7) is 0.138. The summed E-state index contributed by atoms with van der Waals surface area (Å²) >= 11 is 0. The number of hydrogen-bond donors (Lipinski definition) is 3. The van der Waals surface area contributed by atoms with E-state index in [4.69, 9.17) is 4.42 Å². The van der Waals surface area contributed by atoms with Gasteiger partial charge in [-0.1, -0.05) is 0 Å². The molecule has 0 unspecified atom stereocenters. The third-order valence-corrected chi connectivity index (χ3v) is 3.47. The number of benzene rings is 1. The van der Waals surface area contributed by atoms with Gasteiger partial charge in [0.25, 0.3) is 11.8 Å². The number of aromatic amines is 1. The lowest BCUT2D eigenvalue weighted by Crippen LogP contribution is -2.24. The van der Waals surface area contributed by atoms with Gasteiger partial charge in [0, 0.05) is 5.56 Å². The van der Waals surface area contributed by atoms with E-state index in [2.05, 4.69) is 25.6 Å². The van der Waals surface area contributed by atoms with Crippen LogP contribution in [-0.2, 0) is 6.54 Å². The highest BCUT2D eigenvalue weighted by atomic mass is 19.4. The predicted molar refractivity (Wildman–Crippen MR) is 89.5 cm³/mol. The van der Waals surface area contributed by atoms with E-state index in [9.17, 15) is 22.8 Å². The maximum atomic E-state index is 12.3. The molecule has 2 amide bonds. The van der Waals surface area contributed by atoms with Crippen LogP contribution in [0.5, 0.6) is 5.75 Å². The molecule has 3 aromatic rings. The summed E-state index contributed by atoms with van der Waals surface area (Å²) in [5.74, 6) is -1.08. The molecule has 8 nitrogen and oxygen atoms in total. The molecule has 0 atom stereocenters. The summed E-state index contributed by atoms with van der Waals surface area (Å²) in [6.07, 6.45) is -2.12. The molecule has 0 aliphatic carbocycles. The number of furan rings is 1. The summed E-state index contributed by atoms with van der Waals surface area (Å²) in [4.78, 5) is 24.5. The van der Waals surface area contributed by atoms with E-state index in [1.165, 1.54) is 12.5 Å². The first-order valence-electron chi connectivity index (χ1n) is 7.83. The number of halogens is 3. The number of alkyl halides is 3.